The Morgan fingerprint density at radius 1 is 1.35 bits per heavy atom. The van der Waals surface area contributed by atoms with E-state index in [2.05, 4.69) is 19.2 Å². The molecular weight excluding hydrogens is 212 g/mol. The predicted molar refractivity (Wildman–Crippen MR) is 69.7 cm³/mol. The topological polar surface area (TPSA) is 55.1 Å². The number of nitrogens with one attached hydrogen (secondary N) is 1. The van der Waals surface area contributed by atoms with Crippen LogP contribution in [0.2, 0.25) is 0 Å². The molecule has 3 nitrogen and oxygen atoms in total. The van der Waals surface area contributed by atoms with Crippen molar-refractivity contribution >= 4 is 11.6 Å². The summed E-state index contributed by atoms with van der Waals surface area (Å²) in [7, 11) is 0. The Kier molecular flexibility index (Phi) is 3.09. The third-order valence-corrected chi connectivity index (χ3v) is 3.89. The van der Waals surface area contributed by atoms with Gasteiger partial charge in [-0.2, -0.15) is 0 Å². The molecule has 0 spiro atoms. The minimum atomic E-state index is -0.00285. The van der Waals surface area contributed by atoms with Crippen LogP contribution in [-0.4, -0.2) is 12.5 Å². The molecule has 1 aromatic carbocycles. The Labute approximate surface area is 102 Å². The van der Waals surface area contributed by atoms with E-state index in [-0.39, 0.29) is 5.91 Å². The molecule has 3 heteroatoms. The van der Waals surface area contributed by atoms with E-state index in [1.165, 1.54) is 12.8 Å². The highest BCUT2D eigenvalue weighted by molar-refractivity contribution is 5.94. The molecule has 1 aromatic rings. The van der Waals surface area contributed by atoms with E-state index in [0.717, 1.165) is 6.54 Å². The SMILES string of the molecule is CC(C)C1(CNC(=O)c2ccc(N)cc2)CC1. The van der Waals surface area contributed by atoms with E-state index in [4.69, 9.17) is 5.73 Å². The van der Waals surface area contributed by atoms with Crippen LogP contribution in [0.4, 0.5) is 5.69 Å². The van der Waals surface area contributed by atoms with E-state index >= 15 is 0 Å². The minimum Gasteiger partial charge on any atom is -0.399 e. The van der Waals surface area contributed by atoms with Gasteiger partial charge in [-0.05, 0) is 48.4 Å². The number of nitrogens with two attached hydrogens (primary N) is 1. The fourth-order valence-corrected chi connectivity index (χ4v) is 2.11. The molecule has 0 aromatic heterocycles. The summed E-state index contributed by atoms with van der Waals surface area (Å²) in [5.41, 5.74) is 7.30. The zero-order chi connectivity index (χ0) is 12.5. The number of carbonyl (C=O) groups is 1. The molecule has 0 heterocycles. The van der Waals surface area contributed by atoms with Crippen LogP contribution < -0.4 is 11.1 Å². The van der Waals surface area contributed by atoms with E-state index in [0.29, 0.717) is 22.6 Å². The number of rotatable bonds is 4. The summed E-state index contributed by atoms with van der Waals surface area (Å²) >= 11 is 0. The van der Waals surface area contributed by atoms with Crippen molar-refractivity contribution in [1.82, 2.24) is 5.32 Å². The third-order valence-electron chi connectivity index (χ3n) is 3.89. The van der Waals surface area contributed by atoms with Crippen molar-refractivity contribution in [2.24, 2.45) is 11.3 Å². The molecule has 1 aliphatic rings. The molecule has 1 amide bonds. The molecule has 0 atom stereocenters. The van der Waals surface area contributed by atoms with Crippen LogP contribution >= 0.6 is 0 Å². The molecule has 0 unspecified atom stereocenters. The Balaban J connectivity index is 1.92. The zero-order valence-corrected chi connectivity index (χ0v) is 10.5. The first-order valence-electron chi connectivity index (χ1n) is 6.17. The summed E-state index contributed by atoms with van der Waals surface area (Å²) in [5, 5.41) is 3.02. The van der Waals surface area contributed by atoms with Crippen LogP contribution in [0, 0.1) is 11.3 Å². The average Bonchev–Trinajstić information content (AvgIpc) is 3.08. The van der Waals surface area contributed by atoms with Gasteiger partial charge in [0.05, 0.1) is 0 Å². The molecular formula is C14H20N2O. The number of benzene rings is 1. The maximum Gasteiger partial charge on any atom is 0.251 e. The lowest BCUT2D eigenvalue weighted by molar-refractivity contribution is 0.0940. The Hall–Kier alpha value is -1.51. The van der Waals surface area contributed by atoms with Gasteiger partial charge in [-0.1, -0.05) is 13.8 Å². The molecule has 17 heavy (non-hydrogen) atoms. The van der Waals surface area contributed by atoms with Gasteiger partial charge in [0, 0.05) is 17.8 Å². The maximum absolute atomic E-state index is 11.9. The number of carbonyl (C=O) groups excluding carboxylic acids is 1. The van der Waals surface area contributed by atoms with Gasteiger partial charge < -0.3 is 11.1 Å². The van der Waals surface area contributed by atoms with Gasteiger partial charge in [0.1, 0.15) is 0 Å². The highest BCUT2D eigenvalue weighted by Crippen LogP contribution is 2.51. The molecule has 0 radical (unpaired) electrons. The van der Waals surface area contributed by atoms with Gasteiger partial charge in [0.2, 0.25) is 0 Å². The maximum atomic E-state index is 11.9. The number of nitrogen functional groups attached to an aromatic ring is 1. The van der Waals surface area contributed by atoms with Crippen LogP contribution in [-0.2, 0) is 0 Å². The summed E-state index contributed by atoms with van der Waals surface area (Å²) in [6.07, 6.45) is 2.46. The first-order chi connectivity index (χ1) is 8.03. The Morgan fingerprint density at radius 2 is 1.94 bits per heavy atom. The number of amides is 1. The minimum absolute atomic E-state index is 0.00285. The van der Waals surface area contributed by atoms with Crippen molar-refractivity contribution in [3.05, 3.63) is 29.8 Å². The monoisotopic (exact) mass is 232 g/mol. The lowest BCUT2D eigenvalue weighted by Crippen LogP contribution is -2.32. The van der Waals surface area contributed by atoms with Gasteiger partial charge in [0.25, 0.3) is 5.91 Å². The summed E-state index contributed by atoms with van der Waals surface area (Å²) < 4.78 is 0. The normalized spacial score (nSPS) is 16.9. The van der Waals surface area contributed by atoms with Gasteiger partial charge in [-0.25, -0.2) is 0 Å². The summed E-state index contributed by atoms with van der Waals surface area (Å²) in [5.74, 6) is 0.631. The van der Waals surface area contributed by atoms with E-state index in [9.17, 15) is 4.79 Å². The van der Waals surface area contributed by atoms with Crippen LogP contribution in [0.25, 0.3) is 0 Å². The quantitative estimate of drug-likeness (QED) is 0.783. The molecule has 1 aliphatic carbocycles. The third kappa shape index (κ3) is 2.60. The summed E-state index contributed by atoms with van der Waals surface area (Å²) in [6, 6.07) is 7.04. The van der Waals surface area contributed by atoms with Crippen molar-refractivity contribution in [1.29, 1.82) is 0 Å². The van der Waals surface area contributed by atoms with E-state index in [1.54, 1.807) is 24.3 Å². The van der Waals surface area contributed by atoms with Gasteiger partial charge in [-0.3, -0.25) is 4.79 Å². The lowest BCUT2D eigenvalue weighted by Gasteiger charge is -2.20. The first-order valence-corrected chi connectivity index (χ1v) is 6.17. The molecule has 3 N–H and O–H groups in total. The van der Waals surface area contributed by atoms with E-state index < -0.39 is 0 Å². The summed E-state index contributed by atoms with van der Waals surface area (Å²) in [4.78, 5) is 11.9. The number of anilines is 1. The van der Waals surface area contributed by atoms with Crippen molar-refractivity contribution in [3.63, 3.8) is 0 Å². The molecule has 1 saturated carbocycles. The number of hydrogen-bond donors (Lipinski definition) is 2. The molecule has 2 rings (SSSR count). The Morgan fingerprint density at radius 3 is 2.41 bits per heavy atom. The number of hydrogen-bond acceptors (Lipinski definition) is 2. The fraction of sp³-hybridized carbons (Fsp3) is 0.500. The standard InChI is InChI=1S/C14H20N2O/c1-10(2)14(7-8-14)9-16-13(17)11-3-5-12(15)6-4-11/h3-6,10H,7-9,15H2,1-2H3,(H,16,17). The van der Waals surface area contributed by atoms with Gasteiger partial charge in [-0.15, -0.1) is 0 Å². The van der Waals surface area contributed by atoms with Crippen LogP contribution in [0.15, 0.2) is 24.3 Å². The highest BCUT2D eigenvalue weighted by Gasteiger charge is 2.45. The zero-order valence-electron chi connectivity index (χ0n) is 10.5. The molecule has 0 aliphatic heterocycles. The summed E-state index contributed by atoms with van der Waals surface area (Å²) in [6.45, 7) is 5.23. The van der Waals surface area contributed by atoms with Crippen molar-refractivity contribution < 1.29 is 4.79 Å². The van der Waals surface area contributed by atoms with Crippen molar-refractivity contribution in [2.45, 2.75) is 26.7 Å². The average molecular weight is 232 g/mol. The van der Waals surface area contributed by atoms with Crippen LogP contribution in [0.3, 0.4) is 0 Å². The van der Waals surface area contributed by atoms with Crippen LogP contribution in [0.5, 0.6) is 0 Å². The Bertz CT molecular complexity index is 405. The van der Waals surface area contributed by atoms with E-state index in [1.807, 2.05) is 0 Å². The fourth-order valence-electron chi connectivity index (χ4n) is 2.11. The molecule has 1 fully saturated rings. The van der Waals surface area contributed by atoms with Crippen molar-refractivity contribution in [3.8, 4) is 0 Å². The van der Waals surface area contributed by atoms with Crippen LogP contribution in [0.1, 0.15) is 37.0 Å². The lowest BCUT2D eigenvalue weighted by atomic mass is 9.92. The molecule has 0 bridgehead atoms. The second-order valence-corrected chi connectivity index (χ2v) is 5.32. The second-order valence-electron chi connectivity index (χ2n) is 5.32. The molecule has 0 saturated heterocycles. The first kappa shape index (κ1) is 12.0. The van der Waals surface area contributed by atoms with Crippen molar-refractivity contribution in [2.75, 3.05) is 12.3 Å². The van der Waals surface area contributed by atoms with Gasteiger partial charge in [0.15, 0.2) is 0 Å². The second kappa shape index (κ2) is 4.40. The highest BCUT2D eigenvalue weighted by atomic mass is 16.1. The van der Waals surface area contributed by atoms with Gasteiger partial charge >= 0.3 is 0 Å². The smallest absolute Gasteiger partial charge is 0.251 e. The predicted octanol–water partition coefficient (Wildman–Crippen LogP) is 2.43. The molecule has 92 valence electrons. The largest absolute Gasteiger partial charge is 0.399 e.